The molecule has 1 aliphatic carbocycles. The smallest absolute Gasteiger partial charge is 0.251 e. The van der Waals surface area contributed by atoms with E-state index in [1.165, 1.54) is 19.3 Å². The normalized spacial score (nSPS) is 18.5. The lowest BCUT2D eigenvalue weighted by molar-refractivity contribution is 0.0493. The Labute approximate surface area is 229 Å². The molecule has 3 aromatic rings. The lowest BCUT2D eigenvalue weighted by Gasteiger charge is -2.41. The number of likely N-dealkylation sites (tertiary alicyclic amines) is 1. The Morgan fingerprint density at radius 3 is 2.50 bits per heavy atom. The molecule has 1 atom stereocenters. The molecule has 1 amide bonds. The Morgan fingerprint density at radius 1 is 1.05 bits per heavy atom. The molecule has 196 valence electrons. The van der Waals surface area contributed by atoms with Crippen molar-refractivity contribution in [2.45, 2.75) is 63.6 Å². The van der Waals surface area contributed by atoms with Crippen LogP contribution in [0.5, 0.6) is 5.75 Å². The summed E-state index contributed by atoms with van der Waals surface area (Å²) in [5, 5.41) is 3.81. The molecule has 6 heteroatoms. The molecule has 1 saturated heterocycles. The quantitative estimate of drug-likeness (QED) is 0.266. The lowest BCUT2D eigenvalue weighted by Crippen LogP contribution is -2.46. The maximum absolute atomic E-state index is 13.1. The summed E-state index contributed by atoms with van der Waals surface area (Å²) in [6.45, 7) is 4.34. The first kappa shape index (κ1) is 25.1. The van der Waals surface area contributed by atoms with Crippen LogP contribution in [0.25, 0.3) is 0 Å². The largest absolute Gasteiger partial charge is 0.490 e. The first-order valence-electron chi connectivity index (χ1n) is 13.9. The third-order valence-corrected chi connectivity index (χ3v) is 8.58. The maximum Gasteiger partial charge on any atom is 0.251 e. The van der Waals surface area contributed by atoms with Gasteiger partial charge in [-0.15, -0.1) is 0 Å². The standard InChI is InChI=1S/C32H34ClN3O2/c1-2-29(26-8-3-4-9-28(26)33)35-32(37)22-12-15-30-27(20-22)31(34-30)21-10-13-24(14-11-21)38-25-16-18-36(19-17-25)23-6-5-7-23/h3-4,8-15,20,23,25,29H,2,5-7,16-19H2,1H3,(H,35,37). The highest BCUT2D eigenvalue weighted by Crippen LogP contribution is 2.35. The summed E-state index contributed by atoms with van der Waals surface area (Å²) in [6.07, 6.45) is 7.36. The second kappa shape index (κ2) is 10.9. The first-order chi connectivity index (χ1) is 18.6. The highest BCUT2D eigenvalue weighted by atomic mass is 35.5. The first-order valence-corrected chi connectivity index (χ1v) is 14.3. The molecule has 38 heavy (non-hydrogen) atoms. The number of hydrogen-bond acceptors (Lipinski definition) is 4. The summed E-state index contributed by atoms with van der Waals surface area (Å²) in [4.78, 5) is 20.5. The monoisotopic (exact) mass is 527 g/mol. The molecule has 2 fully saturated rings. The minimum Gasteiger partial charge on any atom is -0.490 e. The van der Waals surface area contributed by atoms with Crippen LogP contribution in [0.3, 0.4) is 0 Å². The summed E-state index contributed by atoms with van der Waals surface area (Å²) in [7, 11) is 0. The van der Waals surface area contributed by atoms with E-state index in [9.17, 15) is 4.79 Å². The molecular weight excluding hydrogens is 494 g/mol. The van der Waals surface area contributed by atoms with E-state index in [-0.39, 0.29) is 18.1 Å². The maximum atomic E-state index is 13.1. The SMILES string of the molecule is CCC(NC(=O)c1ccc2c(c1)C(c1ccc(OC3CCN(C4CCC4)CC3)cc1)=N2)c1ccccc1Cl. The Bertz CT molecular complexity index is 1340. The molecule has 1 N–H and O–H groups in total. The number of aliphatic imine (C=N–C) groups is 1. The Hall–Kier alpha value is -3.15. The molecule has 2 heterocycles. The van der Waals surface area contributed by atoms with Crippen LogP contribution in [0, 0.1) is 0 Å². The number of nitrogens with one attached hydrogen (secondary N) is 1. The van der Waals surface area contributed by atoms with Crippen LogP contribution in [0.1, 0.15) is 78.5 Å². The van der Waals surface area contributed by atoms with Crippen molar-refractivity contribution in [2.24, 2.45) is 4.99 Å². The predicted molar refractivity (Wildman–Crippen MR) is 153 cm³/mol. The number of ether oxygens (including phenoxy) is 1. The van der Waals surface area contributed by atoms with Gasteiger partial charge >= 0.3 is 0 Å². The van der Waals surface area contributed by atoms with Crippen LogP contribution < -0.4 is 10.1 Å². The summed E-state index contributed by atoms with van der Waals surface area (Å²) in [5.41, 5.74) is 5.41. The van der Waals surface area contributed by atoms with Gasteiger partial charge in [-0.3, -0.25) is 4.79 Å². The van der Waals surface area contributed by atoms with Crippen LogP contribution in [0.2, 0.25) is 5.02 Å². The van der Waals surface area contributed by atoms with Gasteiger partial charge in [0, 0.05) is 40.8 Å². The van der Waals surface area contributed by atoms with Crippen molar-refractivity contribution in [3.8, 4) is 5.75 Å². The van der Waals surface area contributed by atoms with Crippen LogP contribution in [-0.2, 0) is 0 Å². The number of amides is 1. The molecule has 1 unspecified atom stereocenters. The summed E-state index contributed by atoms with van der Waals surface area (Å²) in [6, 6.07) is 22.2. The number of hydrogen-bond donors (Lipinski definition) is 1. The lowest BCUT2D eigenvalue weighted by atomic mass is 9.90. The van der Waals surface area contributed by atoms with Gasteiger partial charge in [0.05, 0.1) is 17.4 Å². The molecule has 5 nitrogen and oxygen atoms in total. The number of nitrogens with zero attached hydrogens (tertiary/aromatic N) is 2. The zero-order valence-corrected chi connectivity index (χ0v) is 22.6. The Balaban J connectivity index is 1.08. The summed E-state index contributed by atoms with van der Waals surface area (Å²) in [5.74, 6) is 0.798. The topological polar surface area (TPSA) is 53.9 Å². The predicted octanol–water partition coefficient (Wildman–Crippen LogP) is 7.10. The fourth-order valence-electron chi connectivity index (χ4n) is 5.71. The van der Waals surface area contributed by atoms with Crippen molar-refractivity contribution >= 4 is 28.9 Å². The van der Waals surface area contributed by atoms with E-state index in [0.29, 0.717) is 10.6 Å². The number of piperidine rings is 1. The minimum atomic E-state index is -0.145. The van der Waals surface area contributed by atoms with Gasteiger partial charge in [0.1, 0.15) is 11.9 Å². The highest BCUT2D eigenvalue weighted by molar-refractivity contribution is 6.31. The van der Waals surface area contributed by atoms with Crippen molar-refractivity contribution in [1.29, 1.82) is 0 Å². The van der Waals surface area contributed by atoms with E-state index < -0.39 is 0 Å². The molecule has 0 radical (unpaired) electrons. The number of fused-ring (bicyclic) bond motifs is 1. The Morgan fingerprint density at radius 2 is 1.82 bits per heavy atom. The number of carbonyl (C=O) groups excluding carboxylic acids is 1. The second-order valence-electron chi connectivity index (χ2n) is 10.6. The van der Waals surface area contributed by atoms with Gasteiger partial charge in [0.2, 0.25) is 0 Å². The van der Waals surface area contributed by atoms with Gasteiger partial charge in [0.15, 0.2) is 0 Å². The average Bonchev–Trinajstić information content (AvgIpc) is 2.89. The number of carbonyl (C=O) groups is 1. The molecule has 3 aromatic carbocycles. The molecule has 1 saturated carbocycles. The average molecular weight is 528 g/mol. The van der Waals surface area contributed by atoms with Gasteiger partial charge in [-0.25, -0.2) is 4.99 Å². The van der Waals surface area contributed by atoms with Crippen LogP contribution in [-0.4, -0.2) is 41.8 Å². The van der Waals surface area contributed by atoms with Crippen molar-refractivity contribution < 1.29 is 9.53 Å². The summed E-state index contributed by atoms with van der Waals surface area (Å²) >= 11 is 6.38. The third-order valence-electron chi connectivity index (χ3n) is 8.24. The molecule has 2 aliphatic heterocycles. The van der Waals surface area contributed by atoms with E-state index in [0.717, 1.165) is 72.2 Å². The molecule has 6 rings (SSSR count). The van der Waals surface area contributed by atoms with Crippen LogP contribution >= 0.6 is 11.6 Å². The second-order valence-corrected chi connectivity index (χ2v) is 11.0. The van der Waals surface area contributed by atoms with E-state index in [1.807, 2.05) is 61.5 Å². The molecule has 3 aliphatic rings. The molecule has 0 bridgehead atoms. The molecule has 0 spiro atoms. The highest BCUT2D eigenvalue weighted by Gasteiger charge is 2.29. The number of benzene rings is 3. The van der Waals surface area contributed by atoms with E-state index in [2.05, 4.69) is 22.3 Å². The van der Waals surface area contributed by atoms with Gasteiger partial charge < -0.3 is 15.0 Å². The van der Waals surface area contributed by atoms with Crippen molar-refractivity contribution in [3.63, 3.8) is 0 Å². The zero-order valence-electron chi connectivity index (χ0n) is 21.8. The van der Waals surface area contributed by atoms with Crippen molar-refractivity contribution in [1.82, 2.24) is 10.2 Å². The van der Waals surface area contributed by atoms with Gasteiger partial charge in [-0.2, -0.15) is 0 Å². The molecular formula is C32H34ClN3O2. The van der Waals surface area contributed by atoms with E-state index in [1.54, 1.807) is 0 Å². The van der Waals surface area contributed by atoms with Crippen molar-refractivity contribution in [3.05, 3.63) is 94.0 Å². The van der Waals surface area contributed by atoms with Crippen LogP contribution in [0.15, 0.2) is 71.7 Å². The third kappa shape index (κ3) is 5.10. The molecule has 0 aromatic heterocycles. The van der Waals surface area contributed by atoms with E-state index >= 15 is 0 Å². The zero-order chi connectivity index (χ0) is 26.1. The van der Waals surface area contributed by atoms with Gasteiger partial charge in [0.25, 0.3) is 5.91 Å². The fourth-order valence-corrected chi connectivity index (χ4v) is 5.97. The van der Waals surface area contributed by atoms with Crippen molar-refractivity contribution in [2.75, 3.05) is 13.1 Å². The number of halogens is 1. The summed E-state index contributed by atoms with van der Waals surface area (Å²) < 4.78 is 6.30. The van der Waals surface area contributed by atoms with Gasteiger partial charge in [-0.05, 0) is 86.2 Å². The van der Waals surface area contributed by atoms with Crippen LogP contribution in [0.4, 0.5) is 5.69 Å². The Kier molecular flexibility index (Phi) is 7.22. The van der Waals surface area contributed by atoms with Gasteiger partial charge in [-0.1, -0.05) is 43.1 Å². The minimum absolute atomic E-state index is 0.113. The fraction of sp³-hybridized carbons (Fsp3) is 0.375. The number of rotatable bonds is 8. The van der Waals surface area contributed by atoms with E-state index in [4.69, 9.17) is 21.3 Å².